The van der Waals surface area contributed by atoms with Gasteiger partial charge in [-0.2, -0.15) is 0 Å². The van der Waals surface area contributed by atoms with Gasteiger partial charge in [0.2, 0.25) is 0 Å². The van der Waals surface area contributed by atoms with Crippen LogP contribution in [0.4, 0.5) is 0 Å². The van der Waals surface area contributed by atoms with E-state index in [-0.39, 0.29) is 59.1 Å². The number of allylic oxidation sites excluding steroid dienone is 4. The van der Waals surface area contributed by atoms with Crippen LogP contribution in [0.5, 0.6) is 0 Å². The predicted octanol–water partition coefficient (Wildman–Crippen LogP) is -7.58. The Hall–Kier alpha value is -0.500. The van der Waals surface area contributed by atoms with Gasteiger partial charge in [-0.15, -0.1) is 0 Å². The van der Waals surface area contributed by atoms with Crippen molar-refractivity contribution >= 4 is 11.9 Å². The average molecular weight is 296 g/mol. The standard InChI is InChI=1S/2C6H6O3.2Na/c2*7-6(8)5-3-1-2-4-9-5;;/h2*1-5H,(H,7,8);;/q;;2*+1/p-2. The maximum atomic E-state index is 10.0. The van der Waals surface area contributed by atoms with Gasteiger partial charge in [0.1, 0.15) is 0 Å². The summed E-state index contributed by atoms with van der Waals surface area (Å²) in [7, 11) is 0. The van der Waals surface area contributed by atoms with E-state index >= 15 is 0 Å². The first-order valence-electron chi connectivity index (χ1n) is 5.00. The first-order chi connectivity index (χ1) is 8.61. The van der Waals surface area contributed by atoms with E-state index < -0.39 is 24.1 Å². The molecule has 0 aromatic carbocycles. The number of carboxylic acid groups (broad SMARTS) is 2. The molecule has 0 aliphatic carbocycles. The number of carbonyl (C=O) groups excluding carboxylic acids is 2. The van der Waals surface area contributed by atoms with Crippen LogP contribution in [0.25, 0.3) is 0 Å². The SMILES string of the molecule is O=C([O-])C1C=CC=CO1.O=C([O-])C1C=CC=CO1.[Na+].[Na+]. The molecule has 2 rings (SSSR count). The zero-order chi connectivity index (χ0) is 13.4. The summed E-state index contributed by atoms with van der Waals surface area (Å²) in [4.78, 5) is 20.1. The monoisotopic (exact) mass is 296 g/mol. The summed E-state index contributed by atoms with van der Waals surface area (Å²) in [6.45, 7) is 0. The van der Waals surface area contributed by atoms with Crippen LogP contribution in [0.3, 0.4) is 0 Å². The van der Waals surface area contributed by atoms with E-state index in [1.807, 2.05) is 0 Å². The number of hydrogen-bond donors (Lipinski definition) is 0. The predicted molar refractivity (Wildman–Crippen MR) is 56.3 cm³/mol. The molecule has 0 aromatic heterocycles. The van der Waals surface area contributed by atoms with Crippen molar-refractivity contribution < 1.29 is 88.4 Å². The van der Waals surface area contributed by atoms with Gasteiger partial charge < -0.3 is 29.3 Å². The molecule has 0 bridgehead atoms. The van der Waals surface area contributed by atoms with Crippen LogP contribution in [0.2, 0.25) is 0 Å². The number of ether oxygens (including phenoxy) is 2. The van der Waals surface area contributed by atoms with Crippen molar-refractivity contribution in [3.05, 3.63) is 49.0 Å². The van der Waals surface area contributed by atoms with E-state index in [9.17, 15) is 19.8 Å². The van der Waals surface area contributed by atoms with Gasteiger partial charge in [-0.25, -0.2) is 0 Å². The van der Waals surface area contributed by atoms with Crippen LogP contribution >= 0.6 is 0 Å². The van der Waals surface area contributed by atoms with E-state index in [2.05, 4.69) is 9.47 Å². The zero-order valence-corrected chi connectivity index (χ0v) is 15.2. The minimum Gasteiger partial charge on any atom is -0.546 e. The maximum Gasteiger partial charge on any atom is 1.00 e. The van der Waals surface area contributed by atoms with Gasteiger partial charge in [0.15, 0.2) is 12.2 Å². The van der Waals surface area contributed by atoms with Gasteiger partial charge in [-0.3, -0.25) is 0 Å². The Kier molecular flexibility index (Phi) is 13.4. The normalized spacial score (nSPS) is 21.0. The van der Waals surface area contributed by atoms with E-state index in [1.165, 1.54) is 24.7 Å². The van der Waals surface area contributed by atoms with Crippen molar-refractivity contribution in [3.63, 3.8) is 0 Å². The number of carbonyl (C=O) groups is 2. The van der Waals surface area contributed by atoms with Gasteiger partial charge in [-0.05, 0) is 24.3 Å². The van der Waals surface area contributed by atoms with Crippen molar-refractivity contribution in [2.75, 3.05) is 0 Å². The second-order valence-electron chi connectivity index (χ2n) is 3.18. The molecular weight excluding hydrogens is 286 g/mol. The third kappa shape index (κ3) is 8.63. The molecule has 20 heavy (non-hydrogen) atoms. The molecule has 6 nitrogen and oxygen atoms in total. The molecule has 2 unspecified atom stereocenters. The quantitative estimate of drug-likeness (QED) is 0.469. The fraction of sp³-hybridized carbons (Fsp3) is 0.167. The van der Waals surface area contributed by atoms with E-state index in [4.69, 9.17) is 0 Å². The van der Waals surface area contributed by atoms with Gasteiger partial charge in [0.25, 0.3) is 0 Å². The van der Waals surface area contributed by atoms with E-state index in [0.717, 1.165) is 0 Å². The molecule has 0 spiro atoms. The Morgan fingerprint density at radius 3 is 1.25 bits per heavy atom. The third-order valence-corrected chi connectivity index (χ3v) is 1.87. The summed E-state index contributed by atoms with van der Waals surface area (Å²) in [6.07, 6.45) is 10.1. The second-order valence-corrected chi connectivity index (χ2v) is 3.18. The molecule has 0 saturated heterocycles. The maximum absolute atomic E-state index is 10.0. The minimum atomic E-state index is -1.21. The Balaban J connectivity index is 0. The fourth-order valence-corrected chi connectivity index (χ4v) is 1.04. The third-order valence-electron chi connectivity index (χ3n) is 1.87. The molecular formula is C12H10Na2O6. The number of aliphatic carboxylic acids is 2. The second kappa shape index (κ2) is 12.3. The molecule has 0 amide bonds. The number of hydrogen-bond acceptors (Lipinski definition) is 6. The van der Waals surface area contributed by atoms with Crippen molar-refractivity contribution in [2.45, 2.75) is 12.2 Å². The molecule has 2 aliphatic rings. The van der Waals surface area contributed by atoms with Crippen molar-refractivity contribution in [3.8, 4) is 0 Å². The Morgan fingerprint density at radius 1 is 0.750 bits per heavy atom. The molecule has 8 heteroatoms. The Morgan fingerprint density at radius 2 is 1.10 bits per heavy atom. The Bertz CT molecular complexity index is 388. The largest absolute Gasteiger partial charge is 1.00 e. The zero-order valence-electron chi connectivity index (χ0n) is 11.2. The van der Waals surface area contributed by atoms with Crippen LogP contribution in [-0.4, -0.2) is 24.1 Å². The van der Waals surface area contributed by atoms with Crippen molar-refractivity contribution in [2.24, 2.45) is 0 Å². The molecule has 0 aromatic rings. The van der Waals surface area contributed by atoms with Crippen LogP contribution < -0.4 is 69.3 Å². The summed E-state index contributed by atoms with van der Waals surface area (Å²) in [5, 5.41) is 20.1. The van der Waals surface area contributed by atoms with Crippen molar-refractivity contribution in [1.82, 2.24) is 0 Å². The Labute approximate surface area is 160 Å². The van der Waals surface area contributed by atoms with Crippen LogP contribution in [0.1, 0.15) is 0 Å². The summed E-state index contributed by atoms with van der Waals surface area (Å²) >= 11 is 0. The summed E-state index contributed by atoms with van der Waals surface area (Å²) in [5.41, 5.74) is 0. The number of carboxylic acids is 2. The molecule has 2 atom stereocenters. The van der Waals surface area contributed by atoms with Gasteiger partial charge in [-0.1, -0.05) is 12.2 Å². The molecule has 0 fully saturated rings. The van der Waals surface area contributed by atoms with Crippen LogP contribution in [0.15, 0.2) is 49.0 Å². The summed E-state index contributed by atoms with van der Waals surface area (Å²) in [5.74, 6) is -2.42. The molecule has 2 heterocycles. The van der Waals surface area contributed by atoms with Crippen LogP contribution in [0, 0.1) is 0 Å². The average Bonchev–Trinajstić information content (AvgIpc) is 2.41. The van der Waals surface area contributed by atoms with Gasteiger partial charge in [0.05, 0.1) is 24.5 Å². The first kappa shape index (κ1) is 21.8. The molecule has 0 N–H and O–H groups in total. The molecule has 96 valence electrons. The summed E-state index contributed by atoms with van der Waals surface area (Å²) in [6, 6.07) is 0. The smallest absolute Gasteiger partial charge is 0.546 e. The topological polar surface area (TPSA) is 98.7 Å². The molecule has 2 aliphatic heterocycles. The molecule has 0 saturated carbocycles. The summed E-state index contributed by atoms with van der Waals surface area (Å²) < 4.78 is 9.22. The van der Waals surface area contributed by atoms with Gasteiger partial charge >= 0.3 is 59.1 Å². The fourth-order valence-electron chi connectivity index (χ4n) is 1.04. The van der Waals surface area contributed by atoms with Gasteiger partial charge in [0, 0.05) is 0 Å². The van der Waals surface area contributed by atoms with Crippen LogP contribution in [-0.2, 0) is 19.1 Å². The minimum absolute atomic E-state index is 0. The van der Waals surface area contributed by atoms with Crippen molar-refractivity contribution in [1.29, 1.82) is 0 Å². The number of rotatable bonds is 2. The molecule has 0 radical (unpaired) electrons. The van der Waals surface area contributed by atoms with E-state index in [0.29, 0.717) is 0 Å². The first-order valence-corrected chi connectivity index (χ1v) is 5.00. The van der Waals surface area contributed by atoms with E-state index in [1.54, 1.807) is 24.3 Å².